The van der Waals surface area contributed by atoms with Crippen molar-refractivity contribution in [1.82, 2.24) is 10.2 Å². The molecule has 1 heterocycles. The third kappa shape index (κ3) is 5.13. The number of carboxylic acid groups (broad SMARTS) is 1. The highest BCUT2D eigenvalue weighted by atomic mass is 16.4. The molecule has 1 aliphatic heterocycles. The van der Waals surface area contributed by atoms with Crippen LogP contribution in [0.1, 0.15) is 55.3 Å². The number of aromatic carboxylic acids is 1. The van der Waals surface area contributed by atoms with E-state index >= 15 is 0 Å². The lowest BCUT2D eigenvalue weighted by Gasteiger charge is -2.32. The number of hydrogen-bond acceptors (Lipinski definition) is 3. The molecule has 1 saturated carbocycles. The molecule has 6 nitrogen and oxygen atoms in total. The van der Waals surface area contributed by atoms with Gasteiger partial charge >= 0.3 is 5.97 Å². The number of amides is 2. The highest BCUT2D eigenvalue weighted by Gasteiger charge is 2.43. The maximum Gasteiger partial charge on any atom is 0.335 e. The molecule has 1 fully saturated rings. The smallest absolute Gasteiger partial charge is 0.335 e. The van der Waals surface area contributed by atoms with Crippen molar-refractivity contribution in [3.63, 3.8) is 0 Å². The molecule has 4 aromatic carbocycles. The Kier molecular flexibility index (Phi) is 6.91. The molecule has 0 spiro atoms. The summed E-state index contributed by atoms with van der Waals surface area (Å²) >= 11 is 0. The van der Waals surface area contributed by atoms with Gasteiger partial charge in [0, 0.05) is 31.1 Å². The van der Waals surface area contributed by atoms with E-state index in [2.05, 4.69) is 17.4 Å². The lowest BCUT2D eigenvalue weighted by atomic mass is 9.87. The quantitative estimate of drug-likeness (QED) is 0.322. The fourth-order valence-corrected chi connectivity index (χ4v) is 5.80. The number of nitrogens with one attached hydrogen (secondary N) is 1. The van der Waals surface area contributed by atoms with Gasteiger partial charge in [-0.2, -0.15) is 0 Å². The molecule has 2 amide bonds. The van der Waals surface area contributed by atoms with E-state index in [-0.39, 0.29) is 29.2 Å². The van der Waals surface area contributed by atoms with Crippen molar-refractivity contribution in [2.75, 3.05) is 6.54 Å². The Bertz CT molecular complexity index is 1580. The molecule has 40 heavy (non-hydrogen) atoms. The summed E-state index contributed by atoms with van der Waals surface area (Å²) in [6, 6.07) is 30.4. The molecule has 6 heteroatoms. The summed E-state index contributed by atoms with van der Waals surface area (Å²) in [5, 5.41) is 12.7. The number of carbonyl (C=O) groups excluding carboxylic acids is 2. The van der Waals surface area contributed by atoms with Crippen LogP contribution in [0.25, 0.3) is 11.1 Å². The minimum absolute atomic E-state index is 0.0209. The molecule has 2 atom stereocenters. The van der Waals surface area contributed by atoms with Crippen molar-refractivity contribution in [3.05, 3.63) is 130 Å². The minimum Gasteiger partial charge on any atom is -0.478 e. The van der Waals surface area contributed by atoms with Gasteiger partial charge < -0.3 is 15.3 Å². The van der Waals surface area contributed by atoms with Crippen molar-refractivity contribution < 1.29 is 19.5 Å². The Morgan fingerprint density at radius 1 is 0.825 bits per heavy atom. The second-order valence-electron chi connectivity index (χ2n) is 10.5. The van der Waals surface area contributed by atoms with Crippen LogP contribution in [0.15, 0.2) is 97.1 Å². The Labute approximate surface area is 233 Å². The molecule has 0 unspecified atom stereocenters. The van der Waals surface area contributed by atoms with Gasteiger partial charge in [0.1, 0.15) is 0 Å². The number of nitrogens with zero attached hydrogens (tertiary/aromatic N) is 1. The lowest BCUT2D eigenvalue weighted by Crippen LogP contribution is -2.37. The molecule has 2 N–H and O–H groups in total. The van der Waals surface area contributed by atoms with Crippen LogP contribution in [0.4, 0.5) is 0 Å². The Balaban J connectivity index is 1.28. The number of fused-ring (bicyclic) bond motifs is 1. The molecule has 200 valence electrons. The molecule has 0 saturated heterocycles. The van der Waals surface area contributed by atoms with E-state index in [1.165, 1.54) is 5.56 Å². The van der Waals surface area contributed by atoms with Gasteiger partial charge in [0.15, 0.2) is 0 Å². The zero-order valence-electron chi connectivity index (χ0n) is 22.0. The van der Waals surface area contributed by atoms with Crippen molar-refractivity contribution in [2.45, 2.75) is 31.8 Å². The summed E-state index contributed by atoms with van der Waals surface area (Å²) in [5.41, 5.74) is 6.96. The minimum atomic E-state index is -0.969. The molecule has 0 bridgehead atoms. The van der Waals surface area contributed by atoms with Crippen LogP contribution >= 0.6 is 0 Å². The zero-order chi connectivity index (χ0) is 27.6. The van der Waals surface area contributed by atoms with E-state index in [4.69, 9.17) is 0 Å². The normalized spacial score (nSPS) is 17.6. The summed E-state index contributed by atoms with van der Waals surface area (Å²) in [5.74, 6) is -0.703. The predicted octanol–water partition coefficient (Wildman–Crippen LogP) is 5.67. The van der Waals surface area contributed by atoms with Crippen LogP contribution in [0.3, 0.4) is 0 Å². The number of carboxylic acids is 1. The van der Waals surface area contributed by atoms with Gasteiger partial charge in [-0.1, -0.05) is 72.8 Å². The topological polar surface area (TPSA) is 86.7 Å². The van der Waals surface area contributed by atoms with E-state index < -0.39 is 5.97 Å². The van der Waals surface area contributed by atoms with Gasteiger partial charge in [-0.3, -0.25) is 9.59 Å². The molecular weight excluding hydrogens is 500 g/mol. The highest BCUT2D eigenvalue weighted by molar-refractivity contribution is 5.94. The van der Waals surface area contributed by atoms with Gasteiger partial charge in [-0.15, -0.1) is 0 Å². The number of carbonyl (C=O) groups is 3. The molecule has 0 aromatic heterocycles. The second kappa shape index (κ2) is 10.8. The van der Waals surface area contributed by atoms with Crippen molar-refractivity contribution in [1.29, 1.82) is 0 Å². The van der Waals surface area contributed by atoms with E-state index in [1.54, 1.807) is 18.2 Å². The van der Waals surface area contributed by atoms with Gasteiger partial charge in [0.25, 0.3) is 5.91 Å². The van der Waals surface area contributed by atoms with Crippen LogP contribution in [-0.4, -0.2) is 34.3 Å². The number of hydrogen-bond donors (Lipinski definition) is 2. The third-order valence-corrected chi connectivity index (χ3v) is 8.05. The first-order valence-corrected chi connectivity index (χ1v) is 13.6. The SMILES string of the molecule is O=C(O)c1cccc(-c2ccc(CNC(=O)[C@H]3C[C@H]3c3ccccc3)c3c2CCN(C(=O)c2ccccc2)C3)c1. The third-order valence-electron chi connectivity index (χ3n) is 8.05. The average Bonchev–Trinajstić information content (AvgIpc) is 3.81. The van der Waals surface area contributed by atoms with Crippen molar-refractivity contribution in [2.24, 2.45) is 5.92 Å². The van der Waals surface area contributed by atoms with Gasteiger partial charge in [-0.25, -0.2) is 4.79 Å². The number of rotatable bonds is 7. The first-order chi connectivity index (χ1) is 19.5. The van der Waals surface area contributed by atoms with Crippen molar-refractivity contribution in [3.8, 4) is 11.1 Å². The standard InChI is InChI=1S/C34H30N2O4/c37-32(30-19-29(30)22-8-3-1-4-9-22)35-20-26-14-15-27(24-12-7-13-25(18-24)34(39)40)28-16-17-36(21-31(26)28)33(38)23-10-5-2-6-11-23/h1-15,18,29-30H,16-17,19-21H2,(H,35,37)(H,39,40)/t29-,30-/m0/s1. The Morgan fingerprint density at radius 2 is 1.55 bits per heavy atom. The van der Waals surface area contributed by atoms with E-state index in [1.807, 2.05) is 71.6 Å². The van der Waals surface area contributed by atoms with Crippen LogP contribution in [0.2, 0.25) is 0 Å². The van der Waals surface area contributed by atoms with E-state index in [0.29, 0.717) is 31.6 Å². The fourth-order valence-electron chi connectivity index (χ4n) is 5.80. The zero-order valence-corrected chi connectivity index (χ0v) is 22.0. The maximum absolute atomic E-state index is 13.3. The van der Waals surface area contributed by atoms with Gasteiger partial charge in [0.05, 0.1) is 5.56 Å². The first kappa shape index (κ1) is 25.6. The fraction of sp³-hybridized carbons (Fsp3) is 0.206. The van der Waals surface area contributed by atoms with Gasteiger partial charge in [-0.05, 0) is 76.4 Å². The molecule has 2 aliphatic rings. The molecule has 1 aliphatic carbocycles. The average molecular weight is 531 g/mol. The molecule has 4 aromatic rings. The van der Waals surface area contributed by atoms with Crippen LogP contribution in [0.5, 0.6) is 0 Å². The second-order valence-corrected chi connectivity index (χ2v) is 10.5. The van der Waals surface area contributed by atoms with Crippen LogP contribution in [-0.2, 0) is 24.3 Å². The Hall–Kier alpha value is -4.71. The lowest BCUT2D eigenvalue weighted by molar-refractivity contribution is -0.122. The molecular formula is C34H30N2O4. The Morgan fingerprint density at radius 3 is 2.30 bits per heavy atom. The monoisotopic (exact) mass is 530 g/mol. The summed E-state index contributed by atoms with van der Waals surface area (Å²) < 4.78 is 0. The first-order valence-electron chi connectivity index (χ1n) is 13.6. The molecule has 0 radical (unpaired) electrons. The predicted molar refractivity (Wildman–Crippen MR) is 153 cm³/mol. The van der Waals surface area contributed by atoms with Gasteiger partial charge in [0.2, 0.25) is 5.91 Å². The van der Waals surface area contributed by atoms with E-state index in [0.717, 1.165) is 34.2 Å². The van der Waals surface area contributed by atoms with E-state index in [9.17, 15) is 19.5 Å². The highest BCUT2D eigenvalue weighted by Crippen LogP contribution is 2.47. The van der Waals surface area contributed by atoms with Crippen LogP contribution < -0.4 is 5.32 Å². The summed E-state index contributed by atoms with van der Waals surface area (Å²) in [6.45, 7) is 1.36. The summed E-state index contributed by atoms with van der Waals surface area (Å²) in [4.78, 5) is 39.8. The molecule has 6 rings (SSSR count). The maximum atomic E-state index is 13.3. The summed E-state index contributed by atoms with van der Waals surface area (Å²) in [6.07, 6.45) is 1.49. The van der Waals surface area contributed by atoms with Crippen LogP contribution in [0, 0.1) is 5.92 Å². The number of benzene rings is 4. The largest absolute Gasteiger partial charge is 0.478 e. The summed E-state index contributed by atoms with van der Waals surface area (Å²) in [7, 11) is 0. The van der Waals surface area contributed by atoms with Crippen molar-refractivity contribution >= 4 is 17.8 Å².